The minimum atomic E-state index is -0.0785. The fraction of sp³-hybridized carbons (Fsp3) is 0.357. The summed E-state index contributed by atoms with van der Waals surface area (Å²) >= 11 is 5.85. The van der Waals surface area contributed by atoms with E-state index in [4.69, 9.17) is 25.8 Å². The number of hydrogen-bond donors (Lipinski definition) is 0. The number of nitrogens with zero attached hydrogens (tertiary/aromatic N) is 3. The summed E-state index contributed by atoms with van der Waals surface area (Å²) in [6.07, 6.45) is -0.0785. The molecule has 0 spiro atoms. The largest absolute Gasteiger partial charge is 0.493 e. The van der Waals surface area contributed by atoms with Crippen molar-refractivity contribution in [3.8, 4) is 23.5 Å². The van der Waals surface area contributed by atoms with Gasteiger partial charge in [0.1, 0.15) is 0 Å². The first-order valence-electron chi connectivity index (χ1n) is 6.38. The Hall–Kier alpha value is -2.08. The molecule has 21 heavy (non-hydrogen) atoms. The van der Waals surface area contributed by atoms with Crippen LogP contribution in [0.4, 0.5) is 0 Å². The van der Waals surface area contributed by atoms with Crippen LogP contribution in [0.1, 0.15) is 19.4 Å². The molecule has 6 nitrogen and oxygen atoms in total. The molecule has 0 saturated carbocycles. The van der Waals surface area contributed by atoms with E-state index < -0.39 is 0 Å². The number of rotatable bonds is 5. The lowest BCUT2D eigenvalue weighted by Gasteiger charge is -2.11. The Morgan fingerprint density at radius 2 is 1.76 bits per heavy atom. The Balaban J connectivity index is 2.29. The molecule has 0 unspecified atom stereocenters. The van der Waals surface area contributed by atoms with Crippen molar-refractivity contribution in [2.45, 2.75) is 26.9 Å². The fourth-order valence-corrected chi connectivity index (χ4v) is 1.73. The molecule has 1 heterocycles. The van der Waals surface area contributed by atoms with Crippen molar-refractivity contribution in [1.82, 2.24) is 15.0 Å². The normalized spacial score (nSPS) is 10.6. The predicted octanol–water partition coefficient (Wildman–Crippen LogP) is 3.42. The van der Waals surface area contributed by atoms with Gasteiger partial charge in [0.15, 0.2) is 11.5 Å². The van der Waals surface area contributed by atoms with Gasteiger partial charge < -0.3 is 14.2 Å². The van der Waals surface area contributed by atoms with Gasteiger partial charge in [-0.25, -0.2) is 0 Å². The third kappa shape index (κ3) is 4.19. The lowest BCUT2D eigenvalue weighted by Crippen LogP contribution is -2.09. The van der Waals surface area contributed by atoms with Gasteiger partial charge in [-0.15, -0.1) is 4.98 Å². The van der Waals surface area contributed by atoms with Crippen molar-refractivity contribution in [1.29, 1.82) is 0 Å². The molecule has 0 aliphatic carbocycles. The number of benzene rings is 1. The minimum absolute atomic E-state index is 0.00160. The van der Waals surface area contributed by atoms with Crippen LogP contribution in [-0.2, 0) is 0 Å². The van der Waals surface area contributed by atoms with Crippen LogP contribution in [0.25, 0.3) is 0 Å². The molecule has 0 aliphatic rings. The van der Waals surface area contributed by atoms with Gasteiger partial charge in [0.25, 0.3) is 0 Å². The van der Waals surface area contributed by atoms with Crippen LogP contribution in [0, 0.1) is 6.92 Å². The molecule has 0 radical (unpaired) electrons. The Labute approximate surface area is 128 Å². The van der Waals surface area contributed by atoms with E-state index >= 15 is 0 Å². The molecule has 1 aromatic heterocycles. The summed E-state index contributed by atoms with van der Waals surface area (Å²) < 4.78 is 16.3. The van der Waals surface area contributed by atoms with E-state index in [1.54, 1.807) is 13.2 Å². The van der Waals surface area contributed by atoms with E-state index in [9.17, 15) is 0 Å². The average Bonchev–Trinajstić information content (AvgIpc) is 2.39. The topological polar surface area (TPSA) is 66.4 Å². The number of halogens is 1. The molecule has 0 aliphatic heterocycles. The summed E-state index contributed by atoms with van der Waals surface area (Å²) in [5, 5.41) is 0.00160. The molecule has 2 rings (SSSR count). The monoisotopic (exact) mass is 309 g/mol. The Kier molecular flexibility index (Phi) is 4.80. The van der Waals surface area contributed by atoms with Crippen molar-refractivity contribution >= 4 is 11.6 Å². The Bertz CT molecular complexity index is 635. The lowest BCUT2D eigenvalue weighted by atomic mass is 10.2. The molecular formula is C14H16ClN3O3. The third-order valence-corrected chi connectivity index (χ3v) is 2.60. The molecule has 0 atom stereocenters. The summed E-state index contributed by atoms with van der Waals surface area (Å²) in [5.74, 6) is 1.07. The maximum atomic E-state index is 5.85. The molecule has 0 fully saturated rings. The van der Waals surface area contributed by atoms with Crippen molar-refractivity contribution in [2.75, 3.05) is 7.11 Å². The molecule has 0 amide bonds. The summed E-state index contributed by atoms with van der Waals surface area (Å²) in [5.41, 5.74) is 1.05. The zero-order valence-corrected chi connectivity index (χ0v) is 13.0. The highest BCUT2D eigenvalue weighted by molar-refractivity contribution is 6.28. The van der Waals surface area contributed by atoms with Crippen molar-refractivity contribution in [3.05, 3.63) is 29.0 Å². The smallest absolute Gasteiger partial charge is 0.329 e. The van der Waals surface area contributed by atoms with E-state index in [0.29, 0.717) is 11.5 Å². The van der Waals surface area contributed by atoms with Gasteiger partial charge >= 0.3 is 12.0 Å². The third-order valence-electron chi connectivity index (χ3n) is 2.43. The maximum absolute atomic E-state index is 5.85. The lowest BCUT2D eigenvalue weighted by molar-refractivity contribution is 0.218. The van der Waals surface area contributed by atoms with Crippen LogP contribution < -0.4 is 14.2 Å². The van der Waals surface area contributed by atoms with Gasteiger partial charge in [0, 0.05) is 0 Å². The molecule has 112 valence electrons. The van der Waals surface area contributed by atoms with Gasteiger partial charge in [-0.05, 0) is 50.1 Å². The van der Waals surface area contributed by atoms with Crippen molar-refractivity contribution in [2.24, 2.45) is 0 Å². The SMILES string of the molecule is COc1cc(C)ccc1Oc1nc(Cl)nc(OC(C)C)n1. The minimum Gasteiger partial charge on any atom is -0.493 e. The fourth-order valence-electron chi connectivity index (χ4n) is 1.58. The number of ether oxygens (including phenoxy) is 3. The molecule has 1 aromatic carbocycles. The van der Waals surface area contributed by atoms with E-state index in [2.05, 4.69) is 15.0 Å². The Morgan fingerprint density at radius 1 is 1.05 bits per heavy atom. The zero-order valence-electron chi connectivity index (χ0n) is 12.3. The highest BCUT2D eigenvalue weighted by Crippen LogP contribution is 2.31. The first-order valence-corrected chi connectivity index (χ1v) is 6.76. The second-order valence-electron chi connectivity index (χ2n) is 4.59. The van der Waals surface area contributed by atoms with Crippen LogP contribution in [0.3, 0.4) is 0 Å². The highest BCUT2D eigenvalue weighted by atomic mass is 35.5. The van der Waals surface area contributed by atoms with Gasteiger partial charge in [-0.3, -0.25) is 0 Å². The average molecular weight is 310 g/mol. The quantitative estimate of drug-likeness (QED) is 0.843. The number of aryl methyl sites for hydroxylation is 1. The summed E-state index contributed by atoms with van der Waals surface area (Å²) in [7, 11) is 1.56. The first kappa shape index (κ1) is 15.3. The van der Waals surface area contributed by atoms with Gasteiger partial charge in [0.05, 0.1) is 13.2 Å². The molecule has 2 aromatic rings. The van der Waals surface area contributed by atoms with Gasteiger partial charge in [-0.1, -0.05) is 6.07 Å². The number of methoxy groups -OCH3 is 1. The van der Waals surface area contributed by atoms with Crippen LogP contribution in [0.15, 0.2) is 18.2 Å². The van der Waals surface area contributed by atoms with Crippen molar-refractivity contribution in [3.63, 3.8) is 0 Å². The van der Waals surface area contributed by atoms with Gasteiger partial charge in [0.2, 0.25) is 5.28 Å². The second-order valence-corrected chi connectivity index (χ2v) is 4.93. The number of aromatic nitrogens is 3. The summed E-state index contributed by atoms with van der Waals surface area (Å²) in [4.78, 5) is 11.9. The van der Waals surface area contributed by atoms with E-state index in [0.717, 1.165) is 5.56 Å². The van der Waals surface area contributed by atoms with Crippen LogP contribution in [-0.4, -0.2) is 28.2 Å². The Morgan fingerprint density at radius 3 is 2.43 bits per heavy atom. The molecule has 0 N–H and O–H groups in total. The molecule has 0 saturated heterocycles. The van der Waals surface area contributed by atoms with E-state index in [1.807, 2.05) is 32.9 Å². The summed E-state index contributed by atoms with van der Waals surface area (Å²) in [6, 6.07) is 5.68. The van der Waals surface area contributed by atoms with Gasteiger partial charge in [-0.2, -0.15) is 9.97 Å². The molecular weight excluding hydrogens is 294 g/mol. The van der Waals surface area contributed by atoms with E-state index in [-0.39, 0.29) is 23.4 Å². The summed E-state index contributed by atoms with van der Waals surface area (Å²) in [6.45, 7) is 5.68. The highest BCUT2D eigenvalue weighted by Gasteiger charge is 2.12. The number of hydrogen-bond acceptors (Lipinski definition) is 6. The molecule has 0 bridgehead atoms. The van der Waals surface area contributed by atoms with Crippen LogP contribution >= 0.6 is 11.6 Å². The second kappa shape index (κ2) is 6.58. The zero-order chi connectivity index (χ0) is 15.4. The van der Waals surface area contributed by atoms with Crippen LogP contribution in [0.2, 0.25) is 5.28 Å². The predicted molar refractivity (Wildman–Crippen MR) is 78.4 cm³/mol. The van der Waals surface area contributed by atoms with E-state index in [1.165, 1.54) is 0 Å². The van der Waals surface area contributed by atoms with Crippen molar-refractivity contribution < 1.29 is 14.2 Å². The molecule has 7 heteroatoms. The standard InChI is InChI=1S/C14H16ClN3O3/c1-8(2)20-13-16-12(15)17-14(18-13)21-10-6-5-9(3)7-11(10)19-4/h5-8H,1-4H3. The van der Waals surface area contributed by atoms with Crippen LogP contribution in [0.5, 0.6) is 23.5 Å². The first-order chi connectivity index (χ1) is 9.97. The maximum Gasteiger partial charge on any atom is 0.329 e.